The van der Waals surface area contributed by atoms with Crippen LogP contribution in [0.15, 0.2) is 42.5 Å². The lowest BCUT2D eigenvalue weighted by atomic mass is 10.0. The fourth-order valence-corrected chi connectivity index (χ4v) is 2.39. The second-order valence-corrected chi connectivity index (χ2v) is 4.67. The molecule has 1 aliphatic rings. The van der Waals surface area contributed by atoms with Crippen LogP contribution in [0.2, 0.25) is 0 Å². The normalized spacial score (nSPS) is 14.8. The van der Waals surface area contributed by atoms with E-state index in [-0.39, 0.29) is 5.91 Å². The number of amides is 1. The summed E-state index contributed by atoms with van der Waals surface area (Å²) in [6.45, 7) is 0. The van der Waals surface area contributed by atoms with Gasteiger partial charge in [0.05, 0.1) is 14.2 Å². The van der Waals surface area contributed by atoms with Crippen molar-refractivity contribution in [2.75, 3.05) is 19.5 Å². The molecule has 21 heavy (non-hydrogen) atoms. The third-order valence-electron chi connectivity index (χ3n) is 3.43. The summed E-state index contributed by atoms with van der Waals surface area (Å²) in [4.78, 5) is 12.1. The Morgan fingerprint density at radius 1 is 1.00 bits per heavy atom. The number of fused-ring (bicyclic) bond motifs is 1. The molecule has 1 heterocycles. The van der Waals surface area contributed by atoms with E-state index < -0.39 is 0 Å². The van der Waals surface area contributed by atoms with Gasteiger partial charge in [0.25, 0.3) is 5.91 Å². The summed E-state index contributed by atoms with van der Waals surface area (Å²) >= 11 is 0. The molecule has 4 nitrogen and oxygen atoms in total. The summed E-state index contributed by atoms with van der Waals surface area (Å²) in [5.41, 5.74) is 3.29. The van der Waals surface area contributed by atoms with Crippen LogP contribution in [0.1, 0.15) is 11.1 Å². The van der Waals surface area contributed by atoms with E-state index in [0.29, 0.717) is 17.1 Å². The maximum atomic E-state index is 12.1. The number of rotatable bonds is 3. The lowest BCUT2D eigenvalue weighted by molar-refractivity contribution is -0.110. The molecule has 1 N–H and O–H groups in total. The zero-order chi connectivity index (χ0) is 14.8. The van der Waals surface area contributed by atoms with Gasteiger partial charge >= 0.3 is 0 Å². The maximum Gasteiger partial charge on any atom is 0.256 e. The molecular formula is C17H15NO3. The first kappa shape index (κ1) is 13.2. The number of hydrogen-bond acceptors (Lipinski definition) is 3. The average Bonchev–Trinajstić information content (AvgIpc) is 2.83. The van der Waals surface area contributed by atoms with Gasteiger partial charge in [0.15, 0.2) is 11.5 Å². The van der Waals surface area contributed by atoms with Crippen LogP contribution in [-0.2, 0) is 4.79 Å². The van der Waals surface area contributed by atoms with Crippen molar-refractivity contribution in [2.24, 2.45) is 0 Å². The molecule has 0 fully saturated rings. The number of benzene rings is 2. The Morgan fingerprint density at radius 3 is 2.52 bits per heavy atom. The van der Waals surface area contributed by atoms with Crippen LogP contribution in [0.5, 0.6) is 11.5 Å². The van der Waals surface area contributed by atoms with E-state index >= 15 is 0 Å². The Labute approximate surface area is 123 Å². The molecule has 106 valence electrons. The quantitative estimate of drug-likeness (QED) is 0.879. The summed E-state index contributed by atoms with van der Waals surface area (Å²) in [5, 5.41) is 2.86. The van der Waals surface area contributed by atoms with E-state index in [0.717, 1.165) is 16.8 Å². The Balaban J connectivity index is 2.04. The van der Waals surface area contributed by atoms with E-state index in [4.69, 9.17) is 9.47 Å². The molecular weight excluding hydrogens is 266 g/mol. The van der Waals surface area contributed by atoms with Gasteiger partial charge in [0, 0.05) is 16.8 Å². The first-order valence-electron chi connectivity index (χ1n) is 6.57. The van der Waals surface area contributed by atoms with Gasteiger partial charge in [0.1, 0.15) is 0 Å². The molecule has 0 radical (unpaired) electrons. The second kappa shape index (κ2) is 5.32. The minimum atomic E-state index is -0.0917. The van der Waals surface area contributed by atoms with Crippen LogP contribution in [0, 0.1) is 0 Å². The number of carbonyl (C=O) groups is 1. The molecule has 0 spiro atoms. The molecule has 0 aliphatic carbocycles. The smallest absolute Gasteiger partial charge is 0.256 e. The summed E-state index contributed by atoms with van der Waals surface area (Å²) in [7, 11) is 3.18. The zero-order valence-corrected chi connectivity index (χ0v) is 11.8. The van der Waals surface area contributed by atoms with Gasteiger partial charge in [0.2, 0.25) is 0 Å². The van der Waals surface area contributed by atoms with Gasteiger partial charge in [-0.2, -0.15) is 0 Å². The summed E-state index contributed by atoms with van der Waals surface area (Å²) in [6.07, 6.45) is 1.85. The third kappa shape index (κ3) is 2.36. The number of hydrogen-bond donors (Lipinski definition) is 1. The van der Waals surface area contributed by atoms with E-state index in [1.54, 1.807) is 14.2 Å². The minimum Gasteiger partial charge on any atom is -0.493 e. The Kier molecular flexibility index (Phi) is 3.36. The van der Waals surface area contributed by atoms with Crippen LogP contribution in [-0.4, -0.2) is 20.1 Å². The van der Waals surface area contributed by atoms with E-state index in [2.05, 4.69) is 5.32 Å². The Morgan fingerprint density at radius 2 is 1.76 bits per heavy atom. The molecule has 0 unspecified atom stereocenters. The molecule has 4 heteroatoms. The van der Waals surface area contributed by atoms with Crippen LogP contribution < -0.4 is 14.8 Å². The Hall–Kier alpha value is -2.75. The van der Waals surface area contributed by atoms with Gasteiger partial charge in [-0.15, -0.1) is 0 Å². The molecule has 0 saturated heterocycles. The molecule has 0 atom stereocenters. The predicted molar refractivity (Wildman–Crippen MR) is 82.5 cm³/mol. The summed E-state index contributed by atoms with van der Waals surface area (Å²) < 4.78 is 10.5. The van der Waals surface area contributed by atoms with Crippen molar-refractivity contribution in [1.29, 1.82) is 0 Å². The van der Waals surface area contributed by atoms with Crippen molar-refractivity contribution in [3.8, 4) is 11.5 Å². The van der Waals surface area contributed by atoms with E-state index in [1.165, 1.54) is 0 Å². The number of anilines is 1. The van der Waals surface area contributed by atoms with Crippen LogP contribution in [0.4, 0.5) is 5.69 Å². The standard InChI is InChI=1S/C17H15NO3/c1-20-15-8-7-11(10-16(15)21-2)9-13-12-5-3-4-6-14(12)18-17(13)19/h3-10H,1-2H3,(H,18,19). The number of ether oxygens (including phenoxy) is 2. The highest BCUT2D eigenvalue weighted by Crippen LogP contribution is 2.34. The lowest BCUT2D eigenvalue weighted by Crippen LogP contribution is -2.03. The highest BCUT2D eigenvalue weighted by molar-refractivity contribution is 6.34. The third-order valence-corrected chi connectivity index (χ3v) is 3.43. The van der Waals surface area contributed by atoms with Crippen molar-refractivity contribution < 1.29 is 14.3 Å². The zero-order valence-electron chi connectivity index (χ0n) is 11.8. The van der Waals surface area contributed by atoms with Crippen LogP contribution in [0.3, 0.4) is 0 Å². The van der Waals surface area contributed by atoms with Crippen molar-refractivity contribution in [3.63, 3.8) is 0 Å². The summed E-state index contributed by atoms with van der Waals surface area (Å²) in [6, 6.07) is 13.2. The fourth-order valence-electron chi connectivity index (χ4n) is 2.39. The molecule has 1 amide bonds. The monoisotopic (exact) mass is 281 g/mol. The van der Waals surface area contributed by atoms with Crippen LogP contribution >= 0.6 is 0 Å². The van der Waals surface area contributed by atoms with Crippen molar-refractivity contribution in [2.45, 2.75) is 0 Å². The molecule has 1 aliphatic heterocycles. The van der Waals surface area contributed by atoms with Gasteiger partial charge in [-0.05, 0) is 29.8 Å². The molecule has 3 rings (SSSR count). The van der Waals surface area contributed by atoms with Crippen molar-refractivity contribution in [3.05, 3.63) is 53.6 Å². The highest BCUT2D eigenvalue weighted by Gasteiger charge is 2.23. The van der Waals surface area contributed by atoms with Gasteiger partial charge in [-0.3, -0.25) is 4.79 Å². The number of carbonyl (C=O) groups excluding carboxylic acids is 1. The molecule has 2 aromatic rings. The topological polar surface area (TPSA) is 47.6 Å². The number of para-hydroxylation sites is 1. The predicted octanol–water partition coefficient (Wildman–Crippen LogP) is 3.20. The van der Waals surface area contributed by atoms with Gasteiger partial charge in [-0.1, -0.05) is 24.3 Å². The van der Waals surface area contributed by atoms with Crippen molar-refractivity contribution >= 4 is 23.2 Å². The lowest BCUT2D eigenvalue weighted by Gasteiger charge is -2.08. The Bertz CT molecular complexity index is 735. The minimum absolute atomic E-state index is 0.0917. The van der Waals surface area contributed by atoms with Crippen molar-refractivity contribution in [1.82, 2.24) is 0 Å². The highest BCUT2D eigenvalue weighted by atomic mass is 16.5. The molecule has 0 bridgehead atoms. The molecule has 0 aromatic heterocycles. The second-order valence-electron chi connectivity index (χ2n) is 4.67. The maximum absolute atomic E-state index is 12.1. The number of methoxy groups -OCH3 is 2. The largest absolute Gasteiger partial charge is 0.493 e. The summed E-state index contributed by atoms with van der Waals surface area (Å²) in [5.74, 6) is 1.21. The SMILES string of the molecule is COc1ccc(C=C2C(=O)Nc3ccccc32)cc1OC. The van der Waals surface area contributed by atoms with Crippen LogP contribution in [0.25, 0.3) is 11.6 Å². The first-order chi connectivity index (χ1) is 10.2. The molecule has 0 saturated carbocycles. The fraction of sp³-hybridized carbons (Fsp3) is 0.118. The average molecular weight is 281 g/mol. The molecule has 2 aromatic carbocycles. The van der Waals surface area contributed by atoms with Gasteiger partial charge in [-0.25, -0.2) is 0 Å². The number of nitrogens with one attached hydrogen (secondary N) is 1. The van der Waals surface area contributed by atoms with E-state index in [1.807, 2.05) is 48.5 Å². The van der Waals surface area contributed by atoms with Gasteiger partial charge < -0.3 is 14.8 Å². The van der Waals surface area contributed by atoms with E-state index in [9.17, 15) is 4.79 Å². The first-order valence-corrected chi connectivity index (χ1v) is 6.57.